The van der Waals surface area contributed by atoms with Gasteiger partial charge in [-0.05, 0) is 69.2 Å². The Labute approximate surface area is 215 Å². The summed E-state index contributed by atoms with van der Waals surface area (Å²) in [5.74, 6) is -1.24. The molecule has 5 nitrogen and oxygen atoms in total. The monoisotopic (exact) mass is 551 g/mol. The number of amides is 1. The molecule has 4 atom stereocenters. The fourth-order valence-corrected chi connectivity index (χ4v) is 4.35. The zero-order valence-electron chi connectivity index (χ0n) is 21.0. The average molecular weight is 551 g/mol. The van der Waals surface area contributed by atoms with E-state index in [0.29, 0.717) is 17.7 Å². The number of likely N-dealkylation sites (tertiary alicyclic amines) is 1. The molecule has 1 saturated heterocycles. The van der Waals surface area contributed by atoms with Crippen molar-refractivity contribution in [1.29, 1.82) is 0 Å². The molecule has 12 heteroatoms. The zero-order valence-corrected chi connectivity index (χ0v) is 21.0. The van der Waals surface area contributed by atoms with Crippen LogP contribution < -0.4 is 0 Å². The highest BCUT2D eigenvalue weighted by Crippen LogP contribution is 2.41. The largest absolute Gasteiger partial charge is 0.444 e. The number of alkyl halides is 6. The Morgan fingerprint density at radius 2 is 1.53 bits per heavy atom. The van der Waals surface area contributed by atoms with Gasteiger partial charge in [0.1, 0.15) is 11.4 Å². The van der Waals surface area contributed by atoms with E-state index in [4.69, 9.17) is 9.47 Å². The van der Waals surface area contributed by atoms with E-state index in [-0.39, 0.29) is 12.6 Å². The number of rotatable bonds is 5. The molecule has 1 amide bonds. The molecule has 0 aromatic heterocycles. The van der Waals surface area contributed by atoms with Crippen LogP contribution in [0.5, 0.6) is 0 Å². The van der Waals surface area contributed by atoms with Crippen molar-refractivity contribution >= 4 is 6.09 Å². The third-order valence-electron chi connectivity index (χ3n) is 6.12. The number of hydrogen-bond donors (Lipinski definition) is 1. The lowest BCUT2D eigenvalue weighted by Crippen LogP contribution is -2.45. The van der Waals surface area contributed by atoms with Crippen molar-refractivity contribution < 1.29 is 50.1 Å². The van der Waals surface area contributed by atoms with Crippen molar-refractivity contribution in [1.82, 2.24) is 4.90 Å². The highest BCUT2D eigenvalue weighted by molar-refractivity contribution is 5.69. The van der Waals surface area contributed by atoms with Gasteiger partial charge in [-0.15, -0.1) is 0 Å². The molecule has 0 saturated carbocycles. The quantitative estimate of drug-likeness (QED) is 0.420. The Kier molecular flexibility index (Phi) is 8.38. The normalized spacial score (nSPS) is 21.5. The van der Waals surface area contributed by atoms with E-state index in [1.54, 1.807) is 20.8 Å². The number of ether oxygens (including phenoxy) is 2. The molecule has 1 aliphatic rings. The van der Waals surface area contributed by atoms with E-state index in [1.165, 1.54) is 36.1 Å². The van der Waals surface area contributed by atoms with Crippen LogP contribution >= 0.6 is 0 Å². The Balaban J connectivity index is 2.02. The van der Waals surface area contributed by atoms with Gasteiger partial charge in [0.25, 0.3) is 0 Å². The van der Waals surface area contributed by atoms with E-state index in [2.05, 4.69) is 0 Å². The summed E-state index contributed by atoms with van der Waals surface area (Å²) in [6, 6.07) is 5.32. The highest BCUT2D eigenvalue weighted by atomic mass is 19.4. The molecule has 1 fully saturated rings. The van der Waals surface area contributed by atoms with Gasteiger partial charge in [-0.25, -0.2) is 9.18 Å². The van der Waals surface area contributed by atoms with Crippen LogP contribution in [-0.2, 0) is 21.8 Å². The maximum Gasteiger partial charge on any atom is 0.416 e. The fraction of sp³-hybridized carbons (Fsp3) is 0.500. The second-order valence-corrected chi connectivity index (χ2v) is 10.1. The first kappa shape index (κ1) is 29.7. The maximum absolute atomic E-state index is 13.6. The molecule has 2 aromatic rings. The number of benzene rings is 2. The lowest BCUT2D eigenvalue weighted by atomic mass is 9.93. The Morgan fingerprint density at radius 1 is 1.00 bits per heavy atom. The zero-order chi connectivity index (χ0) is 28.6. The number of nitrogens with zero attached hydrogens (tertiary/aromatic N) is 1. The Hall–Kier alpha value is -2.86. The van der Waals surface area contributed by atoms with Crippen LogP contribution in [-0.4, -0.2) is 47.0 Å². The van der Waals surface area contributed by atoms with Crippen molar-refractivity contribution in [3.05, 3.63) is 70.5 Å². The minimum Gasteiger partial charge on any atom is -0.444 e. The number of halogens is 7. The topological polar surface area (TPSA) is 59.0 Å². The third-order valence-corrected chi connectivity index (χ3v) is 6.12. The van der Waals surface area contributed by atoms with Crippen LogP contribution in [0.15, 0.2) is 42.5 Å². The van der Waals surface area contributed by atoms with Gasteiger partial charge < -0.3 is 14.6 Å². The molecule has 2 aromatic carbocycles. The average Bonchev–Trinajstić information content (AvgIpc) is 3.15. The Morgan fingerprint density at radius 3 is 1.97 bits per heavy atom. The molecular formula is C26H28F7NO4. The molecular weight excluding hydrogens is 523 g/mol. The first-order valence-electron chi connectivity index (χ1n) is 11.7. The minimum absolute atomic E-state index is 0.0217. The first-order chi connectivity index (χ1) is 17.4. The van der Waals surface area contributed by atoms with E-state index >= 15 is 0 Å². The molecule has 0 aliphatic carbocycles. The summed E-state index contributed by atoms with van der Waals surface area (Å²) in [5, 5.41) is 10.2. The first-order valence-corrected chi connectivity index (χ1v) is 11.7. The predicted octanol–water partition coefficient (Wildman–Crippen LogP) is 6.70. The summed E-state index contributed by atoms with van der Waals surface area (Å²) in [6.45, 7) is 5.49. The summed E-state index contributed by atoms with van der Waals surface area (Å²) in [5.41, 5.74) is -3.77. The predicted molar refractivity (Wildman–Crippen MR) is 123 cm³/mol. The molecule has 1 aliphatic heterocycles. The van der Waals surface area contributed by atoms with E-state index in [9.17, 15) is 40.6 Å². The van der Waals surface area contributed by atoms with Gasteiger partial charge in [0, 0.05) is 12.5 Å². The molecule has 0 spiro atoms. The van der Waals surface area contributed by atoms with Gasteiger partial charge in [0.15, 0.2) is 0 Å². The summed E-state index contributed by atoms with van der Waals surface area (Å²) < 4.78 is 105. The summed E-state index contributed by atoms with van der Waals surface area (Å²) in [4.78, 5) is 14.1. The van der Waals surface area contributed by atoms with Gasteiger partial charge >= 0.3 is 18.4 Å². The lowest BCUT2D eigenvalue weighted by molar-refractivity contribution is -0.143. The van der Waals surface area contributed by atoms with Crippen molar-refractivity contribution in [3.8, 4) is 0 Å². The van der Waals surface area contributed by atoms with Gasteiger partial charge in [-0.1, -0.05) is 12.1 Å². The molecule has 38 heavy (non-hydrogen) atoms. The Bertz CT molecular complexity index is 1090. The van der Waals surface area contributed by atoms with Gasteiger partial charge in [0.2, 0.25) is 0 Å². The minimum atomic E-state index is -5.04. The standard InChI is InChI=1S/C26H28F7NO4/c1-14(16-9-17(25(28,29)30)11-18(10-16)26(31,32)33)37-22-20(15-5-7-19(27)8-6-15)12-34(21(22)13-35)23(36)38-24(2,3)4/h5-11,14,20-22,35H,12-13H2,1-4H3/t14-,20+,21-,22+/m0/s1. The number of hydrogen-bond acceptors (Lipinski definition) is 4. The van der Waals surface area contributed by atoms with Crippen molar-refractivity contribution in [2.24, 2.45) is 0 Å². The van der Waals surface area contributed by atoms with E-state index in [0.717, 1.165) is 0 Å². The molecule has 0 unspecified atom stereocenters. The molecule has 3 rings (SSSR count). The molecule has 0 bridgehead atoms. The van der Waals surface area contributed by atoms with Crippen LogP contribution in [0.4, 0.5) is 35.5 Å². The molecule has 1 N–H and O–H groups in total. The summed E-state index contributed by atoms with van der Waals surface area (Å²) in [6.07, 6.45) is -13.3. The highest BCUT2D eigenvalue weighted by Gasteiger charge is 2.47. The van der Waals surface area contributed by atoms with Crippen LogP contribution in [0.25, 0.3) is 0 Å². The fourth-order valence-electron chi connectivity index (χ4n) is 4.35. The third kappa shape index (κ3) is 6.96. The second kappa shape index (κ2) is 10.7. The number of aliphatic hydroxyl groups excluding tert-OH is 1. The van der Waals surface area contributed by atoms with Crippen LogP contribution in [0.2, 0.25) is 0 Å². The molecule has 210 valence electrons. The van der Waals surface area contributed by atoms with E-state index < -0.39 is 77.3 Å². The van der Waals surface area contributed by atoms with Gasteiger partial charge in [-0.2, -0.15) is 26.3 Å². The van der Waals surface area contributed by atoms with Crippen LogP contribution in [0, 0.1) is 5.82 Å². The van der Waals surface area contributed by atoms with Gasteiger partial charge in [0.05, 0.1) is 36.0 Å². The molecule has 1 heterocycles. The van der Waals surface area contributed by atoms with Gasteiger partial charge in [-0.3, -0.25) is 4.90 Å². The van der Waals surface area contributed by atoms with Crippen molar-refractivity contribution in [2.75, 3.05) is 13.2 Å². The van der Waals surface area contributed by atoms with E-state index in [1.807, 2.05) is 0 Å². The summed E-state index contributed by atoms with van der Waals surface area (Å²) >= 11 is 0. The van der Waals surface area contributed by atoms with Crippen molar-refractivity contribution in [3.63, 3.8) is 0 Å². The number of carbonyl (C=O) groups is 1. The number of carbonyl (C=O) groups excluding carboxylic acids is 1. The van der Waals surface area contributed by atoms with Crippen molar-refractivity contribution in [2.45, 2.75) is 69.8 Å². The van der Waals surface area contributed by atoms with Crippen LogP contribution in [0.3, 0.4) is 0 Å². The maximum atomic E-state index is 13.6. The number of aliphatic hydroxyl groups is 1. The smallest absolute Gasteiger partial charge is 0.416 e. The second-order valence-electron chi connectivity index (χ2n) is 10.1. The van der Waals surface area contributed by atoms with Crippen LogP contribution in [0.1, 0.15) is 62.0 Å². The lowest BCUT2D eigenvalue weighted by Gasteiger charge is -2.31. The molecule has 0 radical (unpaired) electrons. The SMILES string of the molecule is C[C@H](O[C@@H]1[C@@H](c2ccc(F)cc2)CN(C(=O)OC(C)(C)C)[C@H]1CO)c1cc(C(F)(F)F)cc(C(F)(F)F)c1. The summed E-state index contributed by atoms with van der Waals surface area (Å²) in [7, 11) is 0.